The summed E-state index contributed by atoms with van der Waals surface area (Å²) in [4.78, 5) is 16.8. The van der Waals surface area contributed by atoms with Gasteiger partial charge in [-0.2, -0.15) is 0 Å². The van der Waals surface area contributed by atoms with E-state index in [9.17, 15) is 4.79 Å². The zero-order valence-corrected chi connectivity index (χ0v) is 15.8. The number of carbonyl (C=O) groups is 1. The van der Waals surface area contributed by atoms with Crippen LogP contribution in [0.3, 0.4) is 0 Å². The number of ether oxygens (including phenoxy) is 1. The topological polar surface area (TPSA) is 51.2 Å². The molecule has 1 fully saturated rings. The monoisotopic (exact) mass is 372 g/mol. The van der Waals surface area contributed by atoms with Crippen molar-refractivity contribution >= 4 is 17.5 Å². The molecular weight excluding hydrogens is 348 g/mol. The number of rotatable bonds is 6. The molecule has 1 heterocycles. The summed E-state index contributed by atoms with van der Waals surface area (Å²) in [6.45, 7) is 2.41. The molecule has 0 spiro atoms. The van der Waals surface area contributed by atoms with Crippen molar-refractivity contribution in [3.05, 3.63) is 58.9 Å². The van der Waals surface area contributed by atoms with Crippen LogP contribution in [0.4, 0.5) is 0 Å². The first kappa shape index (κ1) is 18.7. The summed E-state index contributed by atoms with van der Waals surface area (Å²) in [6, 6.07) is 11.1. The van der Waals surface area contributed by atoms with Crippen molar-refractivity contribution in [2.24, 2.45) is 5.92 Å². The van der Waals surface area contributed by atoms with E-state index in [2.05, 4.69) is 17.2 Å². The summed E-state index contributed by atoms with van der Waals surface area (Å²) in [6.07, 6.45) is 7.88. The molecule has 1 atom stereocenters. The Bertz CT molecular complexity index is 727. The maximum atomic E-state index is 12.4. The lowest BCUT2D eigenvalue weighted by Crippen LogP contribution is -2.38. The lowest BCUT2D eigenvalue weighted by Gasteiger charge is -2.28. The number of nitrogens with one attached hydrogen (secondary N) is 1. The van der Waals surface area contributed by atoms with E-state index in [1.165, 1.54) is 32.1 Å². The molecular formula is C21H25ClN2O2. The fraction of sp³-hybridized carbons (Fsp3) is 0.429. The first-order chi connectivity index (χ1) is 12.6. The molecule has 3 rings (SSSR count). The Labute approximate surface area is 159 Å². The van der Waals surface area contributed by atoms with Gasteiger partial charge in [0.1, 0.15) is 12.4 Å². The Balaban J connectivity index is 1.53. The van der Waals surface area contributed by atoms with Crippen LogP contribution in [0.5, 0.6) is 5.75 Å². The fourth-order valence-corrected chi connectivity index (χ4v) is 3.59. The van der Waals surface area contributed by atoms with Crippen molar-refractivity contribution < 1.29 is 9.53 Å². The lowest BCUT2D eigenvalue weighted by molar-refractivity contribution is 0.0919. The van der Waals surface area contributed by atoms with E-state index >= 15 is 0 Å². The third-order valence-electron chi connectivity index (χ3n) is 5.01. The van der Waals surface area contributed by atoms with E-state index in [1.54, 1.807) is 18.3 Å². The minimum Gasteiger partial charge on any atom is -0.486 e. The van der Waals surface area contributed by atoms with Crippen molar-refractivity contribution in [1.29, 1.82) is 0 Å². The number of carbonyl (C=O) groups excluding carboxylic acids is 1. The van der Waals surface area contributed by atoms with Crippen LogP contribution in [0, 0.1) is 5.92 Å². The van der Waals surface area contributed by atoms with Gasteiger partial charge in [0.25, 0.3) is 5.91 Å². The zero-order chi connectivity index (χ0) is 18.4. The Kier molecular flexibility index (Phi) is 6.51. The van der Waals surface area contributed by atoms with Crippen LogP contribution in [0.25, 0.3) is 0 Å². The summed E-state index contributed by atoms with van der Waals surface area (Å²) in [5, 5.41) is 3.69. The van der Waals surface area contributed by atoms with E-state index in [0.29, 0.717) is 28.9 Å². The van der Waals surface area contributed by atoms with Crippen LogP contribution in [0.15, 0.2) is 42.6 Å². The SMILES string of the molecule is C[C@@H](NC(=O)c1ccc(COc2ccccc2Cl)nc1)C1CCCCC1. The number of hydrogen-bond acceptors (Lipinski definition) is 3. The number of amides is 1. The van der Waals surface area contributed by atoms with Gasteiger partial charge in [-0.25, -0.2) is 0 Å². The Morgan fingerprint density at radius 3 is 2.69 bits per heavy atom. The average molecular weight is 373 g/mol. The van der Waals surface area contributed by atoms with E-state index < -0.39 is 0 Å². The van der Waals surface area contributed by atoms with Crippen LogP contribution < -0.4 is 10.1 Å². The molecule has 0 bridgehead atoms. The molecule has 1 aliphatic carbocycles. The van der Waals surface area contributed by atoms with Gasteiger partial charge in [0.05, 0.1) is 16.3 Å². The van der Waals surface area contributed by atoms with Crippen LogP contribution in [0.2, 0.25) is 5.02 Å². The minimum atomic E-state index is -0.0610. The van der Waals surface area contributed by atoms with Crippen molar-refractivity contribution in [1.82, 2.24) is 10.3 Å². The smallest absolute Gasteiger partial charge is 0.253 e. The van der Waals surface area contributed by atoms with Gasteiger partial charge in [-0.05, 0) is 49.9 Å². The van der Waals surface area contributed by atoms with Crippen molar-refractivity contribution in [2.75, 3.05) is 0 Å². The molecule has 2 aromatic rings. The quantitative estimate of drug-likeness (QED) is 0.775. The van der Waals surface area contributed by atoms with Gasteiger partial charge in [0.15, 0.2) is 0 Å². The lowest BCUT2D eigenvalue weighted by atomic mass is 9.84. The van der Waals surface area contributed by atoms with Crippen molar-refractivity contribution in [2.45, 2.75) is 51.7 Å². The molecule has 5 heteroatoms. The van der Waals surface area contributed by atoms with Gasteiger partial charge in [-0.3, -0.25) is 9.78 Å². The average Bonchev–Trinajstić information content (AvgIpc) is 2.68. The number of pyridine rings is 1. The molecule has 26 heavy (non-hydrogen) atoms. The molecule has 0 radical (unpaired) electrons. The Morgan fingerprint density at radius 1 is 1.23 bits per heavy atom. The molecule has 0 aliphatic heterocycles. The number of para-hydroxylation sites is 1. The molecule has 0 unspecified atom stereocenters. The van der Waals surface area contributed by atoms with Gasteiger partial charge < -0.3 is 10.1 Å². The largest absolute Gasteiger partial charge is 0.486 e. The third kappa shape index (κ3) is 4.98. The summed E-state index contributed by atoms with van der Waals surface area (Å²) >= 11 is 6.07. The second-order valence-corrected chi connectivity index (χ2v) is 7.32. The van der Waals surface area contributed by atoms with Gasteiger partial charge in [-0.1, -0.05) is 43.0 Å². The number of nitrogens with zero attached hydrogens (tertiary/aromatic N) is 1. The van der Waals surface area contributed by atoms with Crippen LogP contribution in [0.1, 0.15) is 55.1 Å². The summed E-state index contributed by atoms with van der Waals surface area (Å²) in [5.41, 5.74) is 1.33. The first-order valence-corrected chi connectivity index (χ1v) is 9.64. The Hall–Kier alpha value is -2.07. The number of halogens is 1. The predicted molar refractivity (Wildman–Crippen MR) is 104 cm³/mol. The maximum Gasteiger partial charge on any atom is 0.253 e. The molecule has 1 amide bonds. The molecule has 1 aromatic carbocycles. The minimum absolute atomic E-state index is 0.0610. The van der Waals surface area contributed by atoms with Gasteiger partial charge >= 0.3 is 0 Å². The zero-order valence-electron chi connectivity index (χ0n) is 15.1. The molecule has 138 valence electrons. The number of hydrogen-bond donors (Lipinski definition) is 1. The molecule has 1 aliphatic rings. The summed E-state index contributed by atoms with van der Waals surface area (Å²) < 4.78 is 5.67. The number of benzene rings is 1. The molecule has 0 saturated heterocycles. The highest BCUT2D eigenvalue weighted by molar-refractivity contribution is 6.32. The molecule has 1 N–H and O–H groups in total. The second kappa shape index (κ2) is 9.04. The summed E-state index contributed by atoms with van der Waals surface area (Å²) in [5.74, 6) is 1.15. The molecule has 1 saturated carbocycles. The van der Waals surface area contributed by atoms with Crippen molar-refractivity contribution in [3.63, 3.8) is 0 Å². The highest BCUT2D eigenvalue weighted by Gasteiger charge is 2.21. The highest BCUT2D eigenvalue weighted by atomic mass is 35.5. The van der Waals surface area contributed by atoms with E-state index in [0.717, 1.165) is 5.69 Å². The van der Waals surface area contributed by atoms with E-state index in [1.807, 2.05) is 24.3 Å². The standard InChI is InChI=1S/C21H25ClN2O2/c1-15(16-7-3-2-4-8-16)24-21(25)17-11-12-18(23-13-17)14-26-20-10-6-5-9-19(20)22/h5-6,9-13,15-16H,2-4,7-8,14H2,1H3,(H,24,25)/t15-/m1/s1. The normalized spacial score (nSPS) is 16.1. The van der Waals surface area contributed by atoms with Crippen LogP contribution in [-0.4, -0.2) is 16.9 Å². The van der Waals surface area contributed by atoms with Gasteiger partial charge in [0.2, 0.25) is 0 Å². The van der Waals surface area contributed by atoms with Crippen molar-refractivity contribution in [3.8, 4) is 5.75 Å². The van der Waals surface area contributed by atoms with E-state index in [4.69, 9.17) is 16.3 Å². The first-order valence-electron chi connectivity index (χ1n) is 9.26. The Morgan fingerprint density at radius 2 is 2.00 bits per heavy atom. The van der Waals surface area contributed by atoms with Gasteiger partial charge in [-0.15, -0.1) is 0 Å². The summed E-state index contributed by atoms with van der Waals surface area (Å²) in [7, 11) is 0. The molecule has 4 nitrogen and oxygen atoms in total. The van der Waals surface area contributed by atoms with Crippen LogP contribution in [-0.2, 0) is 6.61 Å². The van der Waals surface area contributed by atoms with Crippen LogP contribution >= 0.6 is 11.6 Å². The predicted octanol–water partition coefficient (Wildman–Crippen LogP) is 5.01. The fourth-order valence-electron chi connectivity index (χ4n) is 3.40. The second-order valence-electron chi connectivity index (χ2n) is 6.92. The highest BCUT2D eigenvalue weighted by Crippen LogP contribution is 2.26. The third-order valence-corrected chi connectivity index (χ3v) is 5.33. The maximum absolute atomic E-state index is 12.4. The van der Waals surface area contributed by atoms with Gasteiger partial charge in [0, 0.05) is 12.2 Å². The molecule has 1 aromatic heterocycles. The number of aromatic nitrogens is 1. The van der Waals surface area contributed by atoms with E-state index in [-0.39, 0.29) is 11.9 Å².